The number of ketones is 1. The normalized spacial score (nSPS) is 22.3. The Labute approximate surface area is 188 Å². The van der Waals surface area contributed by atoms with E-state index in [2.05, 4.69) is 53.8 Å². The predicted octanol–water partition coefficient (Wildman–Crippen LogP) is 4.71. The summed E-state index contributed by atoms with van der Waals surface area (Å²) in [6.45, 7) is 6.34. The van der Waals surface area contributed by atoms with Crippen LogP contribution in [0, 0.1) is 23.2 Å². The molecule has 0 aliphatic heterocycles. The number of aryl methyl sites for hydroxylation is 1. The number of allylic oxidation sites excluding steroid dienone is 2. The Morgan fingerprint density at radius 2 is 1.97 bits per heavy atom. The highest BCUT2D eigenvalue weighted by Gasteiger charge is 2.42. The van der Waals surface area contributed by atoms with Gasteiger partial charge in [0.2, 0.25) is 0 Å². The van der Waals surface area contributed by atoms with Crippen LogP contribution in [0.5, 0.6) is 0 Å². The number of Topliss-reactive ketones (excluding diaryl/α,β-unsaturated/α-hetero) is 1. The molecule has 0 N–H and O–H groups in total. The smallest absolute Gasteiger partial charge is 0.176 e. The maximum Gasteiger partial charge on any atom is 0.176 e. The van der Waals surface area contributed by atoms with Crippen LogP contribution in [0.1, 0.15) is 56.0 Å². The van der Waals surface area contributed by atoms with Crippen molar-refractivity contribution in [3.05, 3.63) is 65.3 Å². The van der Waals surface area contributed by atoms with Gasteiger partial charge in [0.25, 0.3) is 0 Å². The SMILES string of the molecule is CC(C)c1ccc(-c2nc3c(n2-c2cnn(C)c2)CCC2C(C)C(=O)C(C#N)=CC32)cc1. The molecule has 2 heterocycles. The van der Waals surface area contributed by atoms with Gasteiger partial charge in [-0.15, -0.1) is 0 Å². The third-order valence-electron chi connectivity index (χ3n) is 7.07. The number of hydrogen-bond acceptors (Lipinski definition) is 4. The summed E-state index contributed by atoms with van der Waals surface area (Å²) in [5.74, 6) is 1.31. The number of aromatic nitrogens is 4. The zero-order valence-corrected chi connectivity index (χ0v) is 18.9. The van der Waals surface area contributed by atoms with Gasteiger partial charge in [0.05, 0.1) is 23.2 Å². The minimum Gasteiger partial charge on any atom is -0.293 e. The Hall–Kier alpha value is -3.46. The van der Waals surface area contributed by atoms with E-state index in [1.54, 1.807) is 4.68 Å². The van der Waals surface area contributed by atoms with Gasteiger partial charge >= 0.3 is 0 Å². The van der Waals surface area contributed by atoms with Gasteiger partial charge in [-0.25, -0.2) is 4.98 Å². The molecule has 5 rings (SSSR count). The molecular weight excluding hydrogens is 398 g/mol. The fourth-order valence-electron chi connectivity index (χ4n) is 5.23. The predicted molar refractivity (Wildman–Crippen MR) is 122 cm³/mol. The number of rotatable bonds is 3. The molecule has 2 aliphatic rings. The van der Waals surface area contributed by atoms with E-state index >= 15 is 0 Å². The van der Waals surface area contributed by atoms with Crippen LogP contribution in [0.25, 0.3) is 17.1 Å². The highest BCUT2D eigenvalue weighted by Crippen LogP contribution is 2.46. The maximum atomic E-state index is 12.6. The average Bonchev–Trinajstić information content (AvgIpc) is 3.39. The molecule has 3 aromatic rings. The van der Waals surface area contributed by atoms with Gasteiger partial charge in [0.1, 0.15) is 11.9 Å². The number of carbonyl (C=O) groups excluding carboxylic acids is 1. The molecule has 6 nitrogen and oxygen atoms in total. The molecule has 162 valence electrons. The molecule has 2 aromatic heterocycles. The van der Waals surface area contributed by atoms with Gasteiger partial charge in [-0.3, -0.25) is 14.0 Å². The lowest BCUT2D eigenvalue weighted by atomic mass is 9.67. The number of nitrogens with zero attached hydrogens (tertiary/aromatic N) is 5. The second-order valence-corrected chi connectivity index (χ2v) is 9.33. The molecule has 1 aromatic carbocycles. The van der Waals surface area contributed by atoms with Gasteiger partial charge in [0.15, 0.2) is 5.78 Å². The summed E-state index contributed by atoms with van der Waals surface area (Å²) in [7, 11) is 1.91. The highest BCUT2D eigenvalue weighted by molar-refractivity contribution is 6.01. The standard InChI is InChI=1S/C26H27N5O/c1-15(2)17-5-7-18(8-6-17)26-29-24-22-11-19(12-27)25(32)16(3)21(22)9-10-23(24)31(26)20-13-28-30(4)14-20/h5-8,11,13-16,21-22H,9-10H2,1-4H3. The van der Waals surface area contributed by atoms with Crippen LogP contribution in [0.3, 0.4) is 0 Å². The molecule has 6 heteroatoms. The Bertz CT molecular complexity index is 1270. The maximum absolute atomic E-state index is 12.6. The molecule has 2 aliphatic carbocycles. The zero-order valence-electron chi connectivity index (χ0n) is 18.9. The number of fused-ring (bicyclic) bond motifs is 3. The molecule has 0 amide bonds. The first-order valence-electron chi connectivity index (χ1n) is 11.3. The molecule has 0 bridgehead atoms. The summed E-state index contributed by atoms with van der Waals surface area (Å²) in [5.41, 5.74) is 5.72. The van der Waals surface area contributed by atoms with Crippen molar-refractivity contribution < 1.29 is 4.79 Å². The molecule has 0 fully saturated rings. The lowest BCUT2D eigenvalue weighted by molar-refractivity contribution is -0.120. The summed E-state index contributed by atoms with van der Waals surface area (Å²) in [6, 6.07) is 10.7. The largest absolute Gasteiger partial charge is 0.293 e. The van der Waals surface area contributed by atoms with Gasteiger partial charge in [-0.2, -0.15) is 10.4 Å². The Morgan fingerprint density at radius 1 is 1.22 bits per heavy atom. The van der Waals surface area contributed by atoms with Crippen molar-refractivity contribution >= 4 is 5.78 Å². The molecular formula is C26H27N5O. The van der Waals surface area contributed by atoms with E-state index in [-0.39, 0.29) is 29.1 Å². The third kappa shape index (κ3) is 3.12. The van der Waals surface area contributed by atoms with Gasteiger partial charge < -0.3 is 0 Å². The molecule has 0 saturated carbocycles. The summed E-state index contributed by atoms with van der Waals surface area (Å²) >= 11 is 0. The Morgan fingerprint density at radius 3 is 2.59 bits per heavy atom. The van der Waals surface area contributed by atoms with Gasteiger partial charge in [-0.1, -0.05) is 51.1 Å². The zero-order chi connectivity index (χ0) is 22.6. The fourth-order valence-corrected chi connectivity index (χ4v) is 5.23. The van der Waals surface area contributed by atoms with Crippen LogP contribution >= 0.6 is 0 Å². The van der Waals surface area contributed by atoms with E-state index in [1.807, 2.05) is 32.4 Å². The molecule has 32 heavy (non-hydrogen) atoms. The van der Waals surface area contributed by atoms with Crippen LogP contribution in [-0.2, 0) is 18.3 Å². The fraction of sp³-hybridized carbons (Fsp3) is 0.385. The second kappa shape index (κ2) is 7.59. The number of carbonyl (C=O) groups is 1. The first-order valence-corrected chi connectivity index (χ1v) is 11.3. The number of benzene rings is 1. The monoisotopic (exact) mass is 425 g/mol. The number of nitriles is 1. The third-order valence-corrected chi connectivity index (χ3v) is 7.07. The van der Waals surface area contributed by atoms with E-state index in [4.69, 9.17) is 4.98 Å². The molecule has 0 saturated heterocycles. The van der Waals surface area contributed by atoms with E-state index in [0.717, 1.165) is 41.3 Å². The van der Waals surface area contributed by atoms with Crippen LogP contribution in [0.15, 0.2) is 48.3 Å². The first kappa shape index (κ1) is 20.4. The van der Waals surface area contributed by atoms with Crippen molar-refractivity contribution in [3.63, 3.8) is 0 Å². The van der Waals surface area contributed by atoms with Crippen LogP contribution in [0.2, 0.25) is 0 Å². The number of hydrogen-bond donors (Lipinski definition) is 0. The lowest BCUT2D eigenvalue weighted by Gasteiger charge is -2.36. The van der Waals surface area contributed by atoms with Crippen molar-refractivity contribution in [2.45, 2.75) is 45.4 Å². The van der Waals surface area contributed by atoms with Crippen LogP contribution in [0.4, 0.5) is 0 Å². The van der Waals surface area contributed by atoms with E-state index < -0.39 is 0 Å². The Kier molecular flexibility index (Phi) is 4.85. The second-order valence-electron chi connectivity index (χ2n) is 9.33. The Balaban J connectivity index is 1.71. The molecule has 0 radical (unpaired) electrons. The highest BCUT2D eigenvalue weighted by atomic mass is 16.1. The molecule has 0 spiro atoms. The van der Waals surface area contributed by atoms with Crippen LogP contribution in [-0.4, -0.2) is 25.1 Å². The average molecular weight is 426 g/mol. The van der Waals surface area contributed by atoms with E-state index in [1.165, 1.54) is 5.56 Å². The summed E-state index contributed by atoms with van der Waals surface area (Å²) < 4.78 is 4.01. The van der Waals surface area contributed by atoms with E-state index in [0.29, 0.717) is 5.92 Å². The molecule has 3 atom stereocenters. The quantitative estimate of drug-likeness (QED) is 0.609. The van der Waals surface area contributed by atoms with Crippen molar-refractivity contribution in [1.29, 1.82) is 5.26 Å². The summed E-state index contributed by atoms with van der Waals surface area (Å²) in [6.07, 6.45) is 7.47. The van der Waals surface area contributed by atoms with Crippen molar-refractivity contribution in [1.82, 2.24) is 19.3 Å². The van der Waals surface area contributed by atoms with Crippen LogP contribution < -0.4 is 0 Å². The minimum absolute atomic E-state index is 0.0206. The lowest BCUT2D eigenvalue weighted by Crippen LogP contribution is -2.34. The van der Waals surface area contributed by atoms with Gasteiger partial charge in [-0.05, 0) is 30.2 Å². The summed E-state index contributed by atoms with van der Waals surface area (Å²) in [5, 5.41) is 13.9. The van der Waals surface area contributed by atoms with Crippen molar-refractivity contribution in [2.24, 2.45) is 18.9 Å². The summed E-state index contributed by atoms with van der Waals surface area (Å²) in [4.78, 5) is 17.8. The van der Waals surface area contributed by atoms with Crippen molar-refractivity contribution in [3.8, 4) is 23.1 Å². The minimum atomic E-state index is -0.162. The number of imidazole rings is 1. The van der Waals surface area contributed by atoms with Gasteiger partial charge in [0, 0.05) is 36.3 Å². The molecule has 3 unspecified atom stereocenters. The van der Waals surface area contributed by atoms with Crippen molar-refractivity contribution in [2.75, 3.05) is 0 Å². The first-order chi connectivity index (χ1) is 15.4. The van der Waals surface area contributed by atoms with E-state index in [9.17, 15) is 10.1 Å². The topological polar surface area (TPSA) is 76.5 Å².